The number of para-hydroxylation sites is 1. The number of pyridine rings is 1. The zero-order valence-electron chi connectivity index (χ0n) is 14.2. The van der Waals surface area contributed by atoms with Gasteiger partial charge in [-0.1, -0.05) is 12.1 Å². The molecule has 26 heavy (non-hydrogen) atoms. The van der Waals surface area contributed by atoms with Crippen molar-refractivity contribution in [3.05, 3.63) is 48.0 Å². The average Bonchev–Trinajstić information content (AvgIpc) is 3.16. The van der Waals surface area contributed by atoms with E-state index in [0.717, 1.165) is 5.56 Å². The summed E-state index contributed by atoms with van der Waals surface area (Å²) in [5.74, 6) is 1.04. The first-order valence-electron chi connectivity index (χ1n) is 8.47. The summed E-state index contributed by atoms with van der Waals surface area (Å²) in [6, 6.07) is 7.12. The van der Waals surface area contributed by atoms with Crippen molar-refractivity contribution < 1.29 is 18.7 Å². The Morgan fingerprint density at radius 3 is 2.85 bits per heavy atom. The predicted molar refractivity (Wildman–Crippen MR) is 92.8 cm³/mol. The van der Waals surface area contributed by atoms with Crippen molar-refractivity contribution in [2.24, 2.45) is 0 Å². The van der Waals surface area contributed by atoms with E-state index in [1.807, 2.05) is 23.1 Å². The van der Waals surface area contributed by atoms with Crippen LogP contribution in [0.1, 0.15) is 5.56 Å². The molecule has 1 aromatic carbocycles. The van der Waals surface area contributed by atoms with Gasteiger partial charge < -0.3 is 24.6 Å². The van der Waals surface area contributed by atoms with E-state index in [9.17, 15) is 9.18 Å². The first kappa shape index (κ1) is 16.4. The molecular weight excluding hydrogens is 339 g/mol. The highest BCUT2D eigenvalue weighted by atomic mass is 19.1. The summed E-state index contributed by atoms with van der Waals surface area (Å²) in [7, 11) is 0. The number of anilines is 1. The second kappa shape index (κ2) is 7.07. The van der Waals surface area contributed by atoms with E-state index in [0.29, 0.717) is 49.9 Å². The molecule has 2 amide bonds. The van der Waals surface area contributed by atoms with Crippen molar-refractivity contribution in [1.82, 2.24) is 15.2 Å². The van der Waals surface area contributed by atoms with Crippen LogP contribution in [0.4, 0.5) is 14.9 Å². The van der Waals surface area contributed by atoms with E-state index >= 15 is 0 Å². The predicted octanol–water partition coefficient (Wildman–Crippen LogP) is 1.98. The first-order chi connectivity index (χ1) is 12.7. The minimum Gasteiger partial charge on any atom is -0.454 e. The fourth-order valence-corrected chi connectivity index (χ4v) is 3.19. The lowest BCUT2D eigenvalue weighted by atomic mass is 10.2. The van der Waals surface area contributed by atoms with E-state index < -0.39 is 0 Å². The molecule has 0 unspecified atom stereocenters. The number of ether oxygens (including phenoxy) is 2. The highest BCUT2D eigenvalue weighted by Gasteiger charge is 2.23. The molecule has 0 atom stereocenters. The number of carbonyl (C=O) groups excluding carboxylic acids is 1. The maximum Gasteiger partial charge on any atom is 0.317 e. The zero-order valence-corrected chi connectivity index (χ0v) is 14.2. The van der Waals surface area contributed by atoms with Crippen LogP contribution in [0.5, 0.6) is 11.5 Å². The number of urea groups is 1. The number of nitrogens with zero attached hydrogens (tertiary/aromatic N) is 3. The van der Waals surface area contributed by atoms with Crippen molar-refractivity contribution in [3.8, 4) is 11.5 Å². The molecule has 0 spiro atoms. The number of hydrogen-bond acceptors (Lipinski definition) is 5. The summed E-state index contributed by atoms with van der Waals surface area (Å²) >= 11 is 0. The van der Waals surface area contributed by atoms with Crippen molar-refractivity contribution in [2.45, 2.75) is 6.54 Å². The Morgan fingerprint density at radius 2 is 2.04 bits per heavy atom. The van der Waals surface area contributed by atoms with E-state index in [-0.39, 0.29) is 18.6 Å². The van der Waals surface area contributed by atoms with Crippen LogP contribution < -0.4 is 19.7 Å². The molecule has 1 saturated heterocycles. The Bertz CT molecular complexity index is 809. The van der Waals surface area contributed by atoms with Gasteiger partial charge in [0.15, 0.2) is 17.3 Å². The van der Waals surface area contributed by atoms with Crippen LogP contribution in [0.2, 0.25) is 0 Å². The Hall–Kier alpha value is -3.03. The third-order valence-corrected chi connectivity index (χ3v) is 4.57. The zero-order chi connectivity index (χ0) is 17.9. The standard InChI is InChI=1S/C18H19FN4O3/c19-14-11-20-5-4-15(14)22-6-8-23(9-7-22)18(24)21-10-13-2-1-3-16-17(13)26-12-25-16/h1-5,11H,6-10,12H2,(H,21,24). The summed E-state index contributed by atoms with van der Waals surface area (Å²) in [5.41, 5.74) is 1.41. The molecule has 1 fully saturated rings. The van der Waals surface area contributed by atoms with Crippen molar-refractivity contribution in [1.29, 1.82) is 0 Å². The quantitative estimate of drug-likeness (QED) is 0.909. The van der Waals surface area contributed by atoms with Crippen LogP contribution >= 0.6 is 0 Å². The number of nitrogens with one attached hydrogen (secondary N) is 1. The van der Waals surface area contributed by atoms with Gasteiger partial charge in [-0.3, -0.25) is 4.98 Å². The molecule has 4 rings (SSSR count). The van der Waals surface area contributed by atoms with Gasteiger partial charge in [0.2, 0.25) is 6.79 Å². The molecule has 0 radical (unpaired) electrons. The van der Waals surface area contributed by atoms with Crippen LogP contribution in [0, 0.1) is 5.82 Å². The molecule has 8 heteroatoms. The second-order valence-corrected chi connectivity index (χ2v) is 6.11. The summed E-state index contributed by atoms with van der Waals surface area (Å²) in [5, 5.41) is 2.91. The Balaban J connectivity index is 1.32. The second-order valence-electron chi connectivity index (χ2n) is 6.11. The van der Waals surface area contributed by atoms with Crippen LogP contribution in [0.15, 0.2) is 36.7 Å². The normalized spacial score (nSPS) is 15.9. The smallest absolute Gasteiger partial charge is 0.317 e. The molecule has 2 aliphatic rings. The van der Waals surface area contributed by atoms with Gasteiger partial charge >= 0.3 is 6.03 Å². The molecule has 1 aromatic heterocycles. The number of fused-ring (bicyclic) bond motifs is 1. The molecular formula is C18H19FN4O3. The average molecular weight is 358 g/mol. The van der Waals surface area contributed by atoms with E-state index in [1.165, 1.54) is 6.20 Å². The number of piperazine rings is 1. The van der Waals surface area contributed by atoms with Gasteiger partial charge in [0.05, 0.1) is 11.9 Å². The van der Waals surface area contributed by atoms with Crippen molar-refractivity contribution >= 4 is 11.7 Å². The molecule has 3 heterocycles. The topological polar surface area (TPSA) is 66.9 Å². The maximum atomic E-state index is 13.8. The molecule has 1 N–H and O–H groups in total. The number of benzene rings is 1. The molecule has 136 valence electrons. The Labute approximate surface area is 150 Å². The van der Waals surface area contributed by atoms with Gasteiger partial charge in [-0.05, 0) is 12.1 Å². The van der Waals surface area contributed by atoms with Crippen LogP contribution in [0.25, 0.3) is 0 Å². The van der Waals surface area contributed by atoms with Crippen molar-refractivity contribution in [3.63, 3.8) is 0 Å². The minimum atomic E-state index is -0.342. The lowest BCUT2D eigenvalue weighted by molar-refractivity contribution is 0.173. The van der Waals surface area contributed by atoms with Crippen LogP contribution in [-0.4, -0.2) is 48.9 Å². The highest BCUT2D eigenvalue weighted by molar-refractivity contribution is 5.74. The largest absolute Gasteiger partial charge is 0.454 e. The molecule has 0 saturated carbocycles. The summed E-state index contributed by atoms with van der Waals surface area (Å²) in [6.07, 6.45) is 2.78. The third-order valence-electron chi connectivity index (χ3n) is 4.57. The van der Waals surface area contributed by atoms with Crippen LogP contribution in [-0.2, 0) is 6.54 Å². The van der Waals surface area contributed by atoms with Gasteiger partial charge in [0, 0.05) is 44.5 Å². The number of aromatic nitrogens is 1. The van der Waals surface area contributed by atoms with Crippen molar-refractivity contribution in [2.75, 3.05) is 37.9 Å². The van der Waals surface area contributed by atoms with E-state index in [2.05, 4.69) is 10.3 Å². The summed E-state index contributed by atoms with van der Waals surface area (Å²) in [4.78, 5) is 19.8. The van der Waals surface area contributed by atoms with E-state index in [4.69, 9.17) is 9.47 Å². The summed E-state index contributed by atoms with van der Waals surface area (Å²) < 4.78 is 24.6. The molecule has 0 aliphatic carbocycles. The highest BCUT2D eigenvalue weighted by Crippen LogP contribution is 2.35. The fourth-order valence-electron chi connectivity index (χ4n) is 3.19. The maximum absolute atomic E-state index is 13.8. The van der Waals surface area contributed by atoms with E-state index in [1.54, 1.807) is 17.2 Å². The Morgan fingerprint density at radius 1 is 1.19 bits per heavy atom. The SMILES string of the molecule is O=C(NCc1cccc2c1OCO2)N1CCN(c2ccncc2F)CC1. The molecule has 2 aromatic rings. The first-order valence-corrected chi connectivity index (χ1v) is 8.47. The number of carbonyl (C=O) groups is 1. The lowest BCUT2D eigenvalue weighted by Gasteiger charge is -2.36. The number of halogens is 1. The number of amides is 2. The van der Waals surface area contributed by atoms with Gasteiger partial charge in [-0.25, -0.2) is 9.18 Å². The summed E-state index contributed by atoms with van der Waals surface area (Å²) in [6.45, 7) is 2.77. The van der Waals surface area contributed by atoms with Gasteiger partial charge in [0.1, 0.15) is 0 Å². The van der Waals surface area contributed by atoms with Crippen LogP contribution in [0.3, 0.4) is 0 Å². The molecule has 0 bridgehead atoms. The third kappa shape index (κ3) is 3.22. The monoisotopic (exact) mass is 358 g/mol. The van der Waals surface area contributed by atoms with Gasteiger partial charge in [-0.15, -0.1) is 0 Å². The minimum absolute atomic E-state index is 0.142. The fraction of sp³-hybridized carbons (Fsp3) is 0.333. The number of rotatable bonds is 3. The number of hydrogen-bond donors (Lipinski definition) is 1. The van der Waals surface area contributed by atoms with Gasteiger partial charge in [-0.2, -0.15) is 0 Å². The lowest BCUT2D eigenvalue weighted by Crippen LogP contribution is -2.51. The molecule has 7 nitrogen and oxygen atoms in total. The Kier molecular flexibility index (Phi) is 4.47. The molecule has 2 aliphatic heterocycles. The van der Waals surface area contributed by atoms with Gasteiger partial charge in [0.25, 0.3) is 0 Å².